The number of aliphatic hydroxyl groups excluding tert-OH is 1. The fourth-order valence-corrected chi connectivity index (χ4v) is 3.54. The Bertz CT molecular complexity index is 703. The summed E-state index contributed by atoms with van der Waals surface area (Å²) in [6, 6.07) is 15.9. The second-order valence-electron chi connectivity index (χ2n) is 6.65. The summed E-state index contributed by atoms with van der Waals surface area (Å²) in [6.45, 7) is 5.74. The van der Waals surface area contributed by atoms with Crippen molar-refractivity contribution < 1.29 is 14.6 Å². The molecule has 2 unspecified atom stereocenters. The number of methoxy groups -OCH3 is 2. The third kappa shape index (κ3) is 4.86. The highest BCUT2D eigenvalue weighted by atomic mass is 35.5. The molecule has 2 atom stereocenters. The molecule has 0 aliphatic carbocycles. The fourth-order valence-electron chi connectivity index (χ4n) is 3.54. The number of piperazine rings is 1. The maximum atomic E-state index is 10.8. The minimum Gasteiger partial charge on any atom is -0.497 e. The van der Waals surface area contributed by atoms with Crippen LogP contribution in [0.4, 0.5) is 5.69 Å². The monoisotopic (exact) mass is 392 g/mol. The van der Waals surface area contributed by atoms with E-state index in [1.54, 1.807) is 14.2 Å². The molecule has 1 aliphatic rings. The molecule has 0 aromatic heterocycles. The number of hydrogen-bond donors (Lipinski definition) is 1. The van der Waals surface area contributed by atoms with Crippen molar-refractivity contribution in [2.24, 2.45) is 0 Å². The lowest BCUT2D eigenvalue weighted by Gasteiger charge is -2.40. The molecule has 0 amide bonds. The quantitative estimate of drug-likeness (QED) is 0.816. The van der Waals surface area contributed by atoms with Gasteiger partial charge in [0.1, 0.15) is 11.5 Å². The van der Waals surface area contributed by atoms with Crippen molar-refractivity contribution in [1.82, 2.24) is 4.90 Å². The van der Waals surface area contributed by atoms with Crippen molar-refractivity contribution >= 4 is 18.1 Å². The third-order valence-corrected chi connectivity index (χ3v) is 5.23. The standard InChI is InChI=1S/C21H28N2O3.ClH/c1-16(21(24)17-8-10-18(25-2)11-9-17)22-12-14-23(15-13-22)19-6-4-5-7-20(19)26-3;/h4-11,16,21,24H,12-15H2,1-3H3;1H. The van der Waals surface area contributed by atoms with Crippen LogP contribution in [0.15, 0.2) is 48.5 Å². The topological polar surface area (TPSA) is 45.2 Å². The van der Waals surface area contributed by atoms with Gasteiger partial charge in [-0.1, -0.05) is 24.3 Å². The molecule has 1 saturated heterocycles. The normalized spacial score (nSPS) is 17.0. The van der Waals surface area contributed by atoms with Crippen molar-refractivity contribution in [2.75, 3.05) is 45.3 Å². The molecule has 6 heteroatoms. The number of nitrogens with zero attached hydrogens (tertiary/aromatic N) is 2. The van der Waals surface area contributed by atoms with E-state index in [9.17, 15) is 5.11 Å². The third-order valence-electron chi connectivity index (χ3n) is 5.23. The van der Waals surface area contributed by atoms with Gasteiger partial charge in [0, 0.05) is 32.2 Å². The van der Waals surface area contributed by atoms with Crippen LogP contribution in [0.25, 0.3) is 0 Å². The summed E-state index contributed by atoms with van der Waals surface area (Å²) in [4.78, 5) is 4.70. The van der Waals surface area contributed by atoms with Gasteiger partial charge in [-0.05, 0) is 36.8 Å². The Labute approximate surface area is 167 Å². The number of hydrogen-bond acceptors (Lipinski definition) is 5. The average Bonchev–Trinajstić information content (AvgIpc) is 2.73. The molecule has 27 heavy (non-hydrogen) atoms. The number of anilines is 1. The van der Waals surface area contributed by atoms with Gasteiger partial charge >= 0.3 is 0 Å². The highest BCUT2D eigenvalue weighted by Gasteiger charge is 2.27. The van der Waals surface area contributed by atoms with Crippen LogP contribution in [-0.2, 0) is 0 Å². The molecule has 148 valence electrons. The maximum absolute atomic E-state index is 10.8. The van der Waals surface area contributed by atoms with Gasteiger partial charge in [0.25, 0.3) is 0 Å². The van der Waals surface area contributed by atoms with Gasteiger partial charge in [0.2, 0.25) is 0 Å². The van der Waals surface area contributed by atoms with E-state index in [0.29, 0.717) is 0 Å². The second kappa shape index (κ2) is 9.83. The first-order valence-corrected chi connectivity index (χ1v) is 9.08. The Morgan fingerprint density at radius 3 is 2.11 bits per heavy atom. The molecule has 0 spiro atoms. The van der Waals surface area contributed by atoms with Gasteiger partial charge in [-0.2, -0.15) is 0 Å². The zero-order valence-electron chi connectivity index (χ0n) is 16.2. The number of benzene rings is 2. The van der Waals surface area contributed by atoms with Crippen molar-refractivity contribution in [1.29, 1.82) is 0 Å². The van der Waals surface area contributed by atoms with Crippen LogP contribution in [0.1, 0.15) is 18.6 Å². The number of para-hydroxylation sites is 2. The van der Waals surface area contributed by atoms with Gasteiger partial charge in [0.05, 0.1) is 26.0 Å². The predicted octanol–water partition coefficient (Wildman–Crippen LogP) is 3.37. The van der Waals surface area contributed by atoms with Crippen LogP contribution in [0.3, 0.4) is 0 Å². The van der Waals surface area contributed by atoms with E-state index in [-0.39, 0.29) is 18.4 Å². The highest BCUT2D eigenvalue weighted by molar-refractivity contribution is 5.85. The molecule has 1 aliphatic heterocycles. The minimum atomic E-state index is -0.515. The SMILES string of the molecule is COc1ccc(C(O)C(C)N2CCN(c3ccccc3OC)CC2)cc1.Cl. The number of ether oxygens (including phenoxy) is 2. The predicted molar refractivity (Wildman–Crippen MR) is 111 cm³/mol. The Hall–Kier alpha value is -1.95. The highest BCUT2D eigenvalue weighted by Crippen LogP contribution is 2.30. The lowest BCUT2D eigenvalue weighted by molar-refractivity contribution is 0.0545. The summed E-state index contributed by atoms with van der Waals surface area (Å²) in [6.07, 6.45) is -0.515. The molecular weight excluding hydrogens is 364 g/mol. The summed E-state index contributed by atoms with van der Waals surface area (Å²) < 4.78 is 10.7. The summed E-state index contributed by atoms with van der Waals surface area (Å²) in [7, 11) is 3.36. The van der Waals surface area contributed by atoms with Gasteiger partial charge < -0.3 is 19.5 Å². The summed E-state index contributed by atoms with van der Waals surface area (Å²) in [5, 5.41) is 10.8. The van der Waals surface area contributed by atoms with Crippen LogP contribution in [0.5, 0.6) is 11.5 Å². The van der Waals surface area contributed by atoms with E-state index in [4.69, 9.17) is 9.47 Å². The van der Waals surface area contributed by atoms with Crippen LogP contribution in [-0.4, -0.2) is 56.4 Å². The Kier molecular flexibility index (Phi) is 7.78. The van der Waals surface area contributed by atoms with Gasteiger partial charge in [0.15, 0.2) is 0 Å². The first-order valence-electron chi connectivity index (χ1n) is 9.08. The lowest BCUT2D eigenvalue weighted by Crippen LogP contribution is -2.51. The largest absolute Gasteiger partial charge is 0.497 e. The molecule has 0 bridgehead atoms. The van der Waals surface area contributed by atoms with Gasteiger partial charge in [-0.15, -0.1) is 12.4 Å². The van der Waals surface area contributed by atoms with Crippen LogP contribution in [0.2, 0.25) is 0 Å². The van der Waals surface area contributed by atoms with Gasteiger partial charge in [-0.3, -0.25) is 4.90 Å². The molecule has 3 rings (SSSR count). The van der Waals surface area contributed by atoms with Crippen LogP contribution >= 0.6 is 12.4 Å². The van der Waals surface area contributed by atoms with Crippen molar-refractivity contribution in [2.45, 2.75) is 19.1 Å². The Balaban J connectivity index is 0.00000261. The molecule has 2 aromatic carbocycles. The molecule has 1 heterocycles. The van der Waals surface area contributed by atoms with Crippen molar-refractivity contribution in [3.05, 3.63) is 54.1 Å². The first-order chi connectivity index (χ1) is 12.6. The molecular formula is C21H29ClN2O3. The minimum absolute atomic E-state index is 0. The summed E-state index contributed by atoms with van der Waals surface area (Å²) in [5.74, 6) is 1.71. The average molecular weight is 393 g/mol. The summed E-state index contributed by atoms with van der Waals surface area (Å²) in [5.41, 5.74) is 2.06. The van der Waals surface area contributed by atoms with Crippen molar-refractivity contribution in [3.8, 4) is 11.5 Å². The molecule has 0 radical (unpaired) electrons. The van der Waals surface area contributed by atoms with Crippen LogP contribution in [0, 0.1) is 0 Å². The molecule has 1 fully saturated rings. The first kappa shape index (κ1) is 21.4. The van der Waals surface area contributed by atoms with E-state index in [1.807, 2.05) is 42.5 Å². The maximum Gasteiger partial charge on any atom is 0.142 e. The van der Waals surface area contributed by atoms with E-state index in [0.717, 1.165) is 48.9 Å². The fraction of sp³-hybridized carbons (Fsp3) is 0.429. The lowest BCUT2D eigenvalue weighted by atomic mass is 10.0. The zero-order valence-corrected chi connectivity index (χ0v) is 17.0. The second-order valence-corrected chi connectivity index (χ2v) is 6.65. The molecule has 0 saturated carbocycles. The smallest absolute Gasteiger partial charge is 0.142 e. The molecule has 2 aromatic rings. The van der Waals surface area contributed by atoms with Crippen molar-refractivity contribution in [3.63, 3.8) is 0 Å². The Morgan fingerprint density at radius 1 is 0.889 bits per heavy atom. The summed E-state index contributed by atoms with van der Waals surface area (Å²) >= 11 is 0. The van der Waals surface area contributed by atoms with E-state index in [2.05, 4.69) is 22.8 Å². The molecule has 1 N–H and O–H groups in total. The number of aliphatic hydroxyl groups is 1. The Morgan fingerprint density at radius 2 is 1.52 bits per heavy atom. The zero-order chi connectivity index (χ0) is 18.5. The van der Waals surface area contributed by atoms with E-state index >= 15 is 0 Å². The van der Waals surface area contributed by atoms with Gasteiger partial charge in [-0.25, -0.2) is 0 Å². The number of halogens is 1. The molecule has 5 nitrogen and oxygen atoms in total. The van der Waals surface area contributed by atoms with E-state index < -0.39 is 6.10 Å². The number of rotatable bonds is 6. The van der Waals surface area contributed by atoms with E-state index in [1.165, 1.54) is 0 Å². The van der Waals surface area contributed by atoms with Crippen LogP contribution < -0.4 is 14.4 Å².